The number of para-hydroxylation sites is 1. The van der Waals surface area contributed by atoms with E-state index in [1.54, 1.807) is 0 Å². The number of aromatic nitrogens is 2. The van der Waals surface area contributed by atoms with Crippen LogP contribution in [0.5, 0.6) is 0 Å². The van der Waals surface area contributed by atoms with E-state index in [4.69, 9.17) is 0 Å². The highest BCUT2D eigenvalue weighted by Crippen LogP contribution is 2.13. The lowest BCUT2D eigenvalue weighted by Crippen LogP contribution is -2.13. The van der Waals surface area contributed by atoms with E-state index in [-0.39, 0.29) is 0 Å². The normalized spacial score (nSPS) is 11.2. The predicted octanol–water partition coefficient (Wildman–Crippen LogP) is 3.21. The molecule has 2 aromatic rings. The minimum Gasteiger partial charge on any atom is -0.317 e. The Morgan fingerprint density at radius 3 is 2.83 bits per heavy atom. The van der Waals surface area contributed by atoms with Crippen LogP contribution in [0, 0.1) is 0 Å². The van der Waals surface area contributed by atoms with E-state index < -0.39 is 0 Å². The average Bonchev–Trinajstić information content (AvgIpc) is 2.81. The first-order chi connectivity index (χ1) is 8.92. The lowest BCUT2D eigenvalue weighted by Gasteiger charge is -2.04. The summed E-state index contributed by atoms with van der Waals surface area (Å²) >= 11 is 0. The van der Waals surface area contributed by atoms with Gasteiger partial charge in [0.15, 0.2) is 0 Å². The van der Waals surface area contributed by atoms with Crippen molar-refractivity contribution in [1.82, 2.24) is 15.1 Å². The van der Waals surface area contributed by atoms with E-state index in [0.29, 0.717) is 0 Å². The van der Waals surface area contributed by atoms with E-state index in [1.165, 1.54) is 36.6 Å². The van der Waals surface area contributed by atoms with Gasteiger partial charge in [-0.1, -0.05) is 38.0 Å². The van der Waals surface area contributed by atoms with Crippen molar-refractivity contribution >= 4 is 10.9 Å². The van der Waals surface area contributed by atoms with Crippen LogP contribution in [0.15, 0.2) is 30.5 Å². The second-order valence-corrected chi connectivity index (χ2v) is 4.69. The third kappa shape index (κ3) is 3.57. The maximum atomic E-state index is 4.45. The van der Waals surface area contributed by atoms with Crippen LogP contribution in [0.3, 0.4) is 0 Å². The molecule has 3 heteroatoms. The monoisotopic (exact) mass is 245 g/mol. The SMILES string of the molecule is CCNCCCCCCn1ncc2ccccc21. The number of nitrogens with zero attached hydrogens (tertiary/aromatic N) is 2. The predicted molar refractivity (Wildman–Crippen MR) is 76.7 cm³/mol. The van der Waals surface area contributed by atoms with Crippen LogP contribution in [0.2, 0.25) is 0 Å². The fourth-order valence-electron chi connectivity index (χ4n) is 2.25. The molecule has 0 amide bonds. The molecule has 1 aromatic carbocycles. The van der Waals surface area contributed by atoms with Crippen LogP contribution in [0.4, 0.5) is 0 Å². The quantitative estimate of drug-likeness (QED) is 0.724. The van der Waals surface area contributed by atoms with Gasteiger partial charge in [-0.05, 0) is 32.0 Å². The van der Waals surface area contributed by atoms with E-state index in [9.17, 15) is 0 Å². The first kappa shape index (κ1) is 13.1. The van der Waals surface area contributed by atoms with Gasteiger partial charge < -0.3 is 5.32 Å². The summed E-state index contributed by atoms with van der Waals surface area (Å²) in [5.41, 5.74) is 1.25. The first-order valence-electron chi connectivity index (χ1n) is 7.03. The van der Waals surface area contributed by atoms with Crippen molar-refractivity contribution in [3.63, 3.8) is 0 Å². The molecule has 0 fully saturated rings. The summed E-state index contributed by atoms with van der Waals surface area (Å²) < 4.78 is 2.12. The van der Waals surface area contributed by atoms with Gasteiger partial charge in [0.05, 0.1) is 11.7 Å². The summed E-state index contributed by atoms with van der Waals surface area (Å²) in [5.74, 6) is 0. The number of rotatable bonds is 8. The van der Waals surface area contributed by atoms with E-state index in [0.717, 1.165) is 19.6 Å². The molecular weight excluding hydrogens is 222 g/mol. The summed E-state index contributed by atoms with van der Waals surface area (Å²) in [6.45, 7) is 5.43. The molecule has 0 aliphatic carbocycles. The van der Waals surface area contributed by atoms with Crippen LogP contribution >= 0.6 is 0 Å². The lowest BCUT2D eigenvalue weighted by molar-refractivity contribution is 0.536. The Hall–Kier alpha value is -1.35. The van der Waals surface area contributed by atoms with Crippen molar-refractivity contribution in [1.29, 1.82) is 0 Å². The topological polar surface area (TPSA) is 29.9 Å². The summed E-state index contributed by atoms with van der Waals surface area (Å²) in [4.78, 5) is 0. The van der Waals surface area contributed by atoms with Gasteiger partial charge in [0.2, 0.25) is 0 Å². The zero-order chi connectivity index (χ0) is 12.6. The molecular formula is C15H23N3. The molecule has 0 saturated carbocycles. The molecule has 0 aliphatic rings. The third-order valence-corrected chi connectivity index (χ3v) is 3.27. The Labute approximate surface area is 109 Å². The Balaban J connectivity index is 1.70. The number of fused-ring (bicyclic) bond motifs is 1. The number of benzene rings is 1. The highest BCUT2D eigenvalue weighted by molar-refractivity contribution is 5.78. The van der Waals surface area contributed by atoms with E-state index in [1.807, 2.05) is 6.20 Å². The maximum Gasteiger partial charge on any atom is 0.0682 e. The molecule has 0 unspecified atom stereocenters. The van der Waals surface area contributed by atoms with Crippen molar-refractivity contribution in [2.75, 3.05) is 13.1 Å². The van der Waals surface area contributed by atoms with Gasteiger partial charge in [0.25, 0.3) is 0 Å². The Morgan fingerprint density at radius 1 is 1.11 bits per heavy atom. The van der Waals surface area contributed by atoms with Crippen LogP contribution in [0.1, 0.15) is 32.6 Å². The van der Waals surface area contributed by atoms with Gasteiger partial charge in [0, 0.05) is 11.9 Å². The molecule has 1 N–H and O–H groups in total. The van der Waals surface area contributed by atoms with Crippen LogP contribution < -0.4 is 5.32 Å². The summed E-state index contributed by atoms with van der Waals surface area (Å²) in [6.07, 6.45) is 7.07. The molecule has 1 aromatic heterocycles. The minimum atomic E-state index is 1.04. The van der Waals surface area contributed by atoms with Gasteiger partial charge in [-0.15, -0.1) is 0 Å². The molecule has 0 radical (unpaired) electrons. The summed E-state index contributed by atoms with van der Waals surface area (Å²) in [5, 5.41) is 9.05. The number of aryl methyl sites for hydroxylation is 1. The lowest BCUT2D eigenvalue weighted by atomic mass is 10.2. The molecule has 98 valence electrons. The Morgan fingerprint density at radius 2 is 1.94 bits per heavy atom. The van der Waals surface area contributed by atoms with Crippen LogP contribution in [-0.2, 0) is 6.54 Å². The number of hydrogen-bond donors (Lipinski definition) is 1. The van der Waals surface area contributed by atoms with Gasteiger partial charge in [-0.2, -0.15) is 5.10 Å². The number of nitrogens with one attached hydrogen (secondary N) is 1. The zero-order valence-corrected chi connectivity index (χ0v) is 11.2. The van der Waals surface area contributed by atoms with Crippen molar-refractivity contribution in [2.45, 2.75) is 39.2 Å². The summed E-state index contributed by atoms with van der Waals surface area (Å²) in [6, 6.07) is 8.41. The van der Waals surface area contributed by atoms with Gasteiger partial charge >= 0.3 is 0 Å². The number of hydrogen-bond acceptors (Lipinski definition) is 2. The second kappa shape index (κ2) is 7.17. The van der Waals surface area contributed by atoms with Crippen molar-refractivity contribution in [2.24, 2.45) is 0 Å². The van der Waals surface area contributed by atoms with Crippen LogP contribution in [-0.4, -0.2) is 22.9 Å². The van der Waals surface area contributed by atoms with Crippen molar-refractivity contribution in [3.8, 4) is 0 Å². The number of unbranched alkanes of at least 4 members (excludes halogenated alkanes) is 3. The molecule has 0 bridgehead atoms. The molecule has 3 nitrogen and oxygen atoms in total. The smallest absolute Gasteiger partial charge is 0.0682 e. The van der Waals surface area contributed by atoms with E-state index >= 15 is 0 Å². The van der Waals surface area contributed by atoms with E-state index in [2.05, 4.69) is 46.3 Å². The molecule has 0 aliphatic heterocycles. The molecule has 2 rings (SSSR count). The highest BCUT2D eigenvalue weighted by atomic mass is 15.3. The standard InChI is InChI=1S/C15H23N3/c1-2-16-11-7-3-4-8-12-18-15-10-6-5-9-14(15)13-17-18/h5-6,9-10,13,16H,2-4,7-8,11-12H2,1H3. The third-order valence-electron chi connectivity index (χ3n) is 3.27. The molecule has 0 saturated heterocycles. The maximum absolute atomic E-state index is 4.45. The Bertz CT molecular complexity index is 461. The second-order valence-electron chi connectivity index (χ2n) is 4.69. The minimum absolute atomic E-state index is 1.04. The fourth-order valence-corrected chi connectivity index (χ4v) is 2.25. The highest BCUT2D eigenvalue weighted by Gasteiger charge is 2.00. The molecule has 0 spiro atoms. The van der Waals surface area contributed by atoms with Gasteiger partial charge in [0.1, 0.15) is 0 Å². The largest absolute Gasteiger partial charge is 0.317 e. The van der Waals surface area contributed by atoms with Crippen LogP contribution in [0.25, 0.3) is 10.9 Å². The molecule has 18 heavy (non-hydrogen) atoms. The Kier molecular flexibility index (Phi) is 5.21. The van der Waals surface area contributed by atoms with Gasteiger partial charge in [-0.25, -0.2) is 0 Å². The molecule has 1 heterocycles. The fraction of sp³-hybridized carbons (Fsp3) is 0.533. The van der Waals surface area contributed by atoms with Crippen molar-refractivity contribution < 1.29 is 0 Å². The van der Waals surface area contributed by atoms with Crippen molar-refractivity contribution in [3.05, 3.63) is 30.5 Å². The zero-order valence-electron chi connectivity index (χ0n) is 11.2. The summed E-state index contributed by atoms with van der Waals surface area (Å²) in [7, 11) is 0. The van der Waals surface area contributed by atoms with Gasteiger partial charge in [-0.3, -0.25) is 4.68 Å². The average molecular weight is 245 g/mol. The first-order valence-corrected chi connectivity index (χ1v) is 7.03. The molecule has 0 atom stereocenters.